The summed E-state index contributed by atoms with van der Waals surface area (Å²) in [7, 11) is 0. The number of benzene rings is 1. The summed E-state index contributed by atoms with van der Waals surface area (Å²) in [5.74, 6) is 0.811. The smallest absolute Gasteiger partial charge is 0.0450 e. The first-order chi connectivity index (χ1) is 9.42. The molecular formula is C16H21N3. The molecule has 3 rings (SSSR count). The number of piperidine rings is 1. The summed E-state index contributed by atoms with van der Waals surface area (Å²) in [5, 5.41) is 6.96. The number of nitrogens with zero attached hydrogens (tertiary/aromatic N) is 1. The molecule has 0 aliphatic carbocycles. The van der Waals surface area contributed by atoms with Crippen LogP contribution in [0.15, 0.2) is 48.8 Å². The molecule has 1 aliphatic heterocycles. The van der Waals surface area contributed by atoms with Gasteiger partial charge >= 0.3 is 0 Å². The van der Waals surface area contributed by atoms with Crippen molar-refractivity contribution in [1.29, 1.82) is 0 Å². The van der Waals surface area contributed by atoms with E-state index in [0.29, 0.717) is 0 Å². The molecule has 0 bridgehead atoms. The van der Waals surface area contributed by atoms with Crippen LogP contribution in [0.5, 0.6) is 0 Å². The Bertz CT molecular complexity index is 481. The van der Waals surface area contributed by atoms with Crippen LogP contribution in [-0.4, -0.2) is 24.2 Å². The number of hydrogen-bond acceptors (Lipinski definition) is 2. The van der Waals surface area contributed by atoms with Gasteiger partial charge in [-0.3, -0.25) is 0 Å². The van der Waals surface area contributed by atoms with Crippen molar-refractivity contribution in [3.8, 4) is 5.69 Å². The van der Waals surface area contributed by atoms with Gasteiger partial charge in [-0.05, 0) is 68.2 Å². The molecule has 1 fully saturated rings. The minimum Gasteiger partial charge on any atom is -0.385 e. The monoisotopic (exact) mass is 255 g/mol. The molecule has 3 heteroatoms. The number of nitrogens with one attached hydrogen (secondary N) is 2. The zero-order valence-corrected chi connectivity index (χ0v) is 11.2. The van der Waals surface area contributed by atoms with Crippen LogP contribution >= 0.6 is 0 Å². The normalized spacial score (nSPS) is 16.4. The largest absolute Gasteiger partial charge is 0.385 e. The van der Waals surface area contributed by atoms with Crippen molar-refractivity contribution >= 4 is 5.69 Å². The lowest BCUT2D eigenvalue weighted by molar-refractivity contribution is 0.390. The minimum absolute atomic E-state index is 0.811. The number of anilines is 1. The van der Waals surface area contributed by atoms with E-state index in [-0.39, 0.29) is 0 Å². The van der Waals surface area contributed by atoms with Gasteiger partial charge in [0.15, 0.2) is 0 Å². The third-order valence-corrected chi connectivity index (χ3v) is 3.82. The molecule has 0 saturated carbocycles. The van der Waals surface area contributed by atoms with Gasteiger partial charge in [0.1, 0.15) is 0 Å². The zero-order valence-electron chi connectivity index (χ0n) is 11.2. The fourth-order valence-electron chi connectivity index (χ4n) is 2.61. The van der Waals surface area contributed by atoms with E-state index in [1.165, 1.54) is 37.3 Å². The summed E-state index contributed by atoms with van der Waals surface area (Å²) in [6.07, 6.45) is 6.71. The van der Waals surface area contributed by atoms with Gasteiger partial charge in [0.05, 0.1) is 0 Å². The molecule has 1 aromatic heterocycles. The Morgan fingerprint density at radius 2 is 1.74 bits per heavy atom. The Labute approximate surface area is 114 Å². The van der Waals surface area contributed by atoms with E-state index >= 15 is 0 Å². The lowest BCUT2D eigenvalue weighted by Crippen LogP contribution is -2.31. The SMILES string of the molecule is c1ccn(-c2ccc(NCC3CCNCC3)cc2)c1. The average molecular weight is 255 g/mol. The summed E-state index contributed by atoms with van der Waals surface area (Å²) in [6.45, 7) is 3.42. The topological polar surface area (TPSA) is 29.0 Å². The first-order valence-electron chi connectivity index (χ1n) is 7.10. The van der Waals surface area contributed by atoms with Crippen molar-refractivity contribution < 1.29 is 0 Å². The van der Waals surface area contributed by atoms with Gasteiger partial charge in [-0.25, -0.2) is 0 Å². The van der Waals surface area contributed by atoms with Crippen LogP contribution in [0.3, 0.4) is 0 Å². The van der Waals surface area contributed by atoms with Crippen molar-refractivity contribution in [2.45, 2.75) is 12.8 Å². The molecule has 0 radical (unpaired) electrons. The Balaban J connectivity index is 1.57. The Hall–Kier alpha value is -1.74. The molecule has 1 aliphatic rings. The van der Waals surface area contributed by atoms with Crippen molar-refractivity contribution in [3.05, 3.63) is 48.8 Å². The van der Waals surface area contributed by atoms with Crippen LogP contribution in [0.1, 0.15) is 12.8 Å². The van der Waals surface area contributed by atoms with Crippen LogP contribution in [0.25, 0.3) is 5.69 Å². The standard InChI is InChI=1S/C16H21N3/c1-2-12-19(11-1)16-5-3-15(4-6-16)18-13-14-7-9-17-10-8-14/h1-6,11-12,14,17-18H,7-10,13H2. The number of hydrogen-bond donors (Lipinski definition) is 2. The predicted molar refractivity (Wildman–Crippen MR) is 79.9 cm³/mol. The van der Waals surface area contributed by atoms with Crippen LogP contribution < -0.4 is 10.6 Å². The second-order valence-electron chi connectivity index (χ2n) is 5.21. The van der Waals surface area contributed by atoms with Crippen LogP contribution in [0.4, 0.5) is 5.69 Å². The average Bonchev–Trinajstić information content (AvgIpc) is 3.01. The summed E-state index contributed by atoms with van der Waals surface area (Å²) in [4.78, 5) is 0. The highest BCUT2D eigenvalue weighted by Gasteiger charge is 2.12. The van der Waals surface area contributed by atoms with Crippen LogP contribution in [0.2, 0.25) is 0 Å². The molecule has 1 aromatic carbocycles. The van der Waals surface area contributed by atoms with Gasteiger partial charge in [0.25, 0.3) is 0 Å². The molecule has 0 unspecified atom stereocenters. The summed E-state index contributed by atoms with van der Waals surface area (Å²) < 4.78 is 2.12. The minimum atomic E-state index is 0.811. The van der Waals surface area contributed by atoms with E-state index in [2.05, 4.69) is 51.9 Å². The third-order valence-electron chi connectivity index (χ3n) is 3.82. The Morgan fingerprint density at radius 3 is 2.42 bits per heavy atom. The van der Waals surface area contributed by atoms with Gasteiger partial charge in [-0.15, -0.1) is 0 Å². The highest BCUT2D eigenvalue weighted by Crippen LogP contribution is 2.16. The molecule has 0 amide bonds. The third kappa shape index (κ3) is 3.18. The van der Waals surface area contributed by atoms with Crippen molar-refractivity contribution in [3.63, 3.8) is 0 Å². The van der Waals surface area contributed by atoms with E-state index in [1.807, 2.05) is 12.1 Å². The van der Waals surface area contributed by atoms with Crippen LogP contribution in [-0.2, 0) is 0 Å². The first-order valence-corrected chi connectivity index (χ1v) is 7.10. The lowest BCUT2D eigenvalue weighted by Gasteiger charge is -2.23. The number of rotatable bonds is 4. The van der Waals surface area contributed by atoms with Gasteiger partial charge in [-0.2, -0.15) is 0 Å². The van der Waals surface area contributed by atoms with E-state index in [9.17, 15) is 0 Å². The van der Waals surface area contributed by atoms with Crippen molar-refractivity contribution in [2.75, 3.05) is 25.0 Å². The Kier molecular flexibility index (Phi) is 3.84. The summed E-state index contributed by atoms with van der Waals surface area (Å²) in [5.41, 5.74) is 2.42. The second-order valence-corrected chi connectivity index (χ2v) is 5.21. The molecule has 2 heterocycles. The number of aromatic nitrogens is 1. The zero-order chi connectivity index (χ0) is 12.9. The Morgan fingerprint density at radius 1 is 1.05 bits per heavy atom. The van der Waals surface area contributed by atoms with E-state index in [4.69, 9.17) is 0 Å². The quantitative estimate of drug-likeness (QED) is 0.879. The maximum atomic E-state index is 3.55. The first kappa shape index (κ1) is 12.3. The van der Waals surface area contributed by atoms with E-state index in [1.54, 1.807) is 0 Å². The molecule has 19 heavy (non-hydrogen) atoms. The maximum Gasteiger partial charge on any atom is 0.0450 e. The predicted octanol–water partition coefficient (Wildman–Crippen LogP) is 2.89. The fraction of sp³-hybridized carbons (Fsp3) is 0.375. The van der Waals surface area contributed by atoms with Gasteiger partial charge < -0.3 is 15.2 Å². The molecule has 2 aromatic rings. The highest BCUT2D eigenvalue weighted by molar-refractivity contribution is 5.48. The van der Waals surface area contributed by atoms with Gasteiger partial charge in [-0.1, -0.05) is 0 Å². The second kappa shape index (κ2) is 5.93. The molecular weight excluding hydrogens is 234 g/mol. The molecule has 0 atom stereocenters. The van der Waals surface area contributed by atoms with Gasteiger partial charge in [0.2, 0.25) is 0 Å². The fourth-order valence-corrected chi connectivity index (χ4v) is 2.61. The van der Waals surface area contributed by atoms with Crippen molar-refractivity contribution in [1.82, 2.24) is 9.88 Å². The van der Waals surface area contributed by atoms with E-state index in [0.717, 1.165) is 12.5 Å². The lowest BCUT2D eigenvalue weighted by atomic mass is 9.98. The molecule has 100 valence electrons. The van der Waals surface area contributed by atoms with Gasteiger partial charge in [0, 0.05) is 30.3 Å². The highest BCUT2D eigenvalue weighted by atomic mass is 14.9. The summed E-state index contributed by atoms with van der Waals surface area (Å²) in [6, 6.07) is 12.7. The molecule has 3 nitrogen and oxygen atoms in total. The molecule has 2 N–H and O–H groups in total. The maximum absolute atomic E-state index is 3.55. The summed E-state index contributed by atoms with van der Waals surface area (Å²) >= 11 is 0. The van der Waals surface area contributed by atoms with Crippen molar-refractivity contribution in [2.24, 2.45) is 5.92 Å². The van der Waals surface area contributed by atoms with E-state index < -0.39 is 0 Å². The molecule has 0 spiro atoms. The molecule has 1 saturated heterocycles. The van der Waals surface area contributed by atoms with Crippen LogP contribution in [0, 0.1) is 5.92 Å².